The standard InChI is InChI=1S/C24H23F3N4O2/c1-32-18-6-7-21-19(12-18)20(13-28-21)15-8-10-31(11-9-15)14-22-29-23(30-33-22)16-2-4-17(5-3-16)24(25,26)27/h2-7,12-13,15,28H,8-11,14H2,1H3. The van der Waals surface area contributed by atoms with Crippen LogP contribution in [0.3, 0.4) is 0 Å². The molecule has 1 saturated heterocycles. The topological polar surface area (TPSA) is 67.2 Å². The zero-order valence-electron chi connectivity index (χ0n) is 18.0. The molecule has 4 aromatic rings. The summed E-state index contributed by atoms with van der Waals surface area (Å²) < 4.78 is 49.0. The maximum absolute atomic E-state index is 12.8. The number of alkyl halides is 3. The zero-order chi connectivity index (χ0) is 23.0. The molecule has 0 amide bonds. The Kier molecular flexibility index (Phi) is 5.57. The van der Waals surface area contributed by atoms with Crippen molar-refractivity contribution in [3.63, 3.8) is 0 Å². The third-order valence-electron chi connectivity index (χ3n) is 6.25. The van der Waals surface area contributed by atoms with Gasteiger partial charge in [-0.05, 0) is 67.7 Å². The van der Waals surface area contributed by atoms with Crippen LogP contribution < -0.4 is 4.74 Å². The van der Waals surface area contributed by atoms with Crippen molar-refractivity contribution in [2.24, 2.45) is 0 Å². The molecular weight excluding hydrogens is 433 g/mol. The molecule has 1 aliphatic rings. The van der Waals surface area contributed by atoms with Gasteiger partial charge in [0.25, 0.3) is 0 Å². The van der Waals surface area contributed by atoms with E-state index in [2.05, 4.69) is 32.3 Å². The van der Waals surface area contributed by atoms with Crippen LogP contribution in [0.2, 0.25) is 0 Å². The van der Waals surface area contributed by atoms with Gasteiger partial charge in [0.15, 0.2) is 0 Å². The molecule has 33 heavy (non-hydrogen) atoms. The molecule has 0 aliphatic carbocycles. The molecule has 0 radical (unpaired) electrons. The molecule has 6 nitrogen and oxygen atoms in total. The highest BCUT2D eigenvalue weighted by molar-refractivity contribution is 5.85. The van der Waals surface area contributed by atoms with E-state index in [0.717, 1.165) is 49.3 Å². The van der Waals surface area contributed by atoms with Crippen molar-refractivity contribution in [3.8, 4) is 17.1 Å². The summed E-state index contributed by atoms with van der Waals surface area (Å²) in [7, 11) is 1.67. The number of ether oxygens (including phenoxy) is 1. The Morgan fingerprint density at radius 3 is 2.58 bits per heavy atom. The van der Waals surface area contributed by atoms with Gasteiger partial charge in [-0.1, -0.05) is 17.3 Å². The second-order valence-corrected chi connectivity index (χ2v) is 8.29. The molecule has 5 rings (SSSR count). The number of rotatable bonds is 5. The van der Waals surface area contributed by atoms with E-state index in [-0.39, 0.29) is 0 Å². The molecule has 9 heteroatoms. The molecular formula is C24H23F3N4O2. The van der Waals surface area contributed by atoms with Gasteiger partial charge < -0.3 is 14.2 Å². The van der Waals surface area contributed by atoms with Crippen LogP contribution in [0.15, 0.2) is 53.2 Å². The molecule has 1 aliphatic heterocycles. The third kappa shape index (κ3) is 4.45. The maximum Gasteiger partial charge on any atom is 0.416 e. The third-order valence-corrected chi connectivity index (χ3v) is 6.25. The quantitative estimate of drug-likeness (QED) is 0.422. The molecule has 3 heterocycles. The van der Waals surface area contributed by atoms with Crippen LogP contribution in [-0.2, 0) is 12.7 Å². The number of piperidine rings is 1. The first-order valence-corrected chi connectivity index (χ1v) is 10.8. The van der Waals surface area contributed by atoms with Crippen LogP contribution in [-0.4, -0.2) is 40.2 Å². The average molecular weight is 456 g/mol. The van der Waals surface area contributed by atoms with Gasteiger partial charge in [0, 0.05) is 22.7 Å². The lowest BCUT2D eigenvalue weighted by Crippen LogP contribution is -2.32. The van der Waals surface area contributed by atoms with Crippen LogP contribution in [0.4, 0.5) is 13.2 Å². The molecule has 1 fully saturated rings. The number of likely N-dealkylation sites (tertiary alicyclic amines) is 1. The van der Waals surface area contributed by atoms with Gasteiger partial charge in [-0.3, -0.25) is 4.90 Å². The number of nitrogens with zero attached hydrogens (tertiary/aromatic N) is 3. The molecule has 0 bridgehead atoms. The van der Waals surface area contributed by atoms with Crippen LogP contribution in [0.1, 0.15) is 35.8 Å². The molecule has 0 saturated carbocycles. The minimum Gasteiger partial charge on any atom is -0.497 e. The number of H-pyrrole nitrogens is 1. The summed E-state index contributed by atoms with van der Waals surface area (Å²) in [6.45, 7) is 2.29. The summed E-state index contributed by atoms with van der Waals surface area (Å²) in [4.78, 5) is 9.99. The van der Waals surface area contributed by atoms with Crippen molar-refractivity contribution >= 4 is 10.9 Å². The molecule has 172 valence electrons. The van der Waals surface area contributed by atoms with E-state index in [1.807, 2.05) is 12.1 Å². The highest BCUT2D eigenvalue weighted by atomic mass is 19.4. The van der Waals surface area contributed by atoms with E-state index in [0.29, 0.717) is 29.7 Å². The number of hydrogen-bond acceptors (Lipinski definition) is 5. The molecule has 1 N–H and O–H groups in total. The van der Waals surface area contributed by atoms with E-state index < -0.39 is 11.7 Å². The number of fused-ring (bicyclic) bond motifs is 1. The van der Waals surface area contributed by atoms with E-state index in [9.17, 15) is 13.2 Å². The highest BCUT2D eigenvalue weighted by Crippen LogP contribution is 2.35. The fraction of sp³-hybridized carbons (Fsp3) is 0.333. The maximum atomic E-state index is 12.8. The first kappa shape index (κ1) is 21.5. The van der Waals surface area contributed by atoms with Crippen molar-refractivity contribution in [2.75, 3.05) is 20.2 Å². The van der Waals surface area contributed by atoms with Gasteiger partial charge in [0.05, 0.1) is 19.2 Å². The summed E-state index contributed by atoms with van der Waals surface area (Å²) in [5.74, 6) is 2.05. The van der Waals surface area contributed by atoms with Gasteiger partial charge in [-0.2, -0.15) is 18.2 Å². The van der Waals surface area contributed by atoms with Crippen LogP contribution in [0.5, 0.6) is 5.75 Å². The number of hydrogen-bond donors (Lipinski definition) is 1. The van der Waals surface area contributed by atoms with Gasteiger partial charge >= 0.3 is 6.18 Å². The number of nitrogens with one attached hydrogen (secondary N) is 1. The molecule has 2 aromatic carbocycles. The van der Waals surface area contributed by atoms with Crippen LogP contribution >= 0.6 is 0 Å². The number of aromatic amines is 1. The molecule has 0 spiro atoms. The number of methoxy groups -OCH3 is 1. The Morgan fingerprint density at radius 2 is 1.88 bits per heavy atom. The number of benzene rings is 2. The van der Waals surface area contributed by atoms with Gasteiger partial charge in [0.2, 0.25) is 11.7 Å². The van der Waals surface area contributed by atoms with Crippen molar-refractivity contribution in [1.82, 2.24) is 20.0 Å². The lowest BCUT2D eigenvalue weighted by atomic mass is 9.89. The summed E-state index contributed by atoms with van der Waals surface area (Å²) in [6.07, 6.45) is -0.265. The minimum atomic E-state index is -4.37. The number of halogens is 3. The Morgan fingerprint density at radius 1 is 1.12 bits per heavy atom. The smallest absolute Gasteiger partial charge is 0.416 e. The van der Waals surface area contributed by atoms with Crippen LogP contribution in [0.25, 0.3) is 22.3 Å². The molecule has 0 unspecified atom stereocenters. The Balaban J connectivity index is 1.21. The van der Waals surface area contributed by atoms with Gasteiger partial charge in [-0.15, -0.1) is 0 Å². The second-order valence-electron chi connectivity index (χ2n) is 8.29. The second kappa shape index (κ2) is 8.55. The summed E-state index contributed by atoms with van der Waals surface area (Å²) in [5.41, 5.74) is 2.21. The summed E-state index contributed by atoms with van der Waals surface area (Å²) in [6, 6.07) is 10.8. The normalized spacial score (nSPS) is 15.9. The molecule has 0 atom stereocenters. The van der Waals surface area contributed by atoms with Gasteiger partial charge in [-0.25, -0.2) is 0 Å². The Hall–Kier alpha value is -3.33. The fourth-order valence-electron chi connectivity index (χ4n) is 4.42. The van der Waals surface area contributed by atoms with Crippen molar-refractivity contribution in [2.45, 2.75) is 31.5 Å². The fourth-order valence-corrected chi connectivity index (χ4v) is 4.42. The van der Waals surface area contributed by atoms with E-state index in [1.165, 1.54) is 23.1 Å². The van der Waals surface area contributed by atoms with Crippen molar-refractivity contribution < 1.29 is 22.4 Å². The van der Waals surface area contributed by atoms with Crippen molar-refractivity contribution in [1.29, 1.82) is 0 Å². The Bertz CT molecular complexity index is 1240. The van der Waals surface area contributed by atoms with E-state index >= 15 is 0 Å². The zero-order valence-corrected chi connectivity index (χ0v) is 18.0. The predicted octanol–water partition coefficient (Wildman–Crippen LogP) is 5.62. The summed E-state index contributed by atoms with van der Waals surface area (Å²) >= 11 is 0. The molecule has 2 aromatic heterocycles. The number of aromatic nitrogens is 3. The van der Waals surface area contributed by atoms with Crippen LogP contribution in [0, 0.1) is 0 Å². The first-order chi connectivity index (χ1) is 15.9. The minimum absolute atomic E-state index is 0.293. The first-order valence-electron chi connectivity index (χ1n) is 10.8. The SMILES string of the molecule is COc1ccc2[nH]cc(C3CCN(Cc4nc(-c5ccc(C(F)(F)F)cc5)no4)CC3)c2c1. The van der Waals surface area contributed by atoms with E-state index in [1.54, 1.807) is 7.11 Å². The average Bonchev–Trinajstić information content (AvgIpc) is 3.46. The highest BCUT2D eigenvalue weighted by Gasteiger charge is 2.30. The predicted molar refractivity (Wildman–Crippen MR) is 117 cm³/mol. The van der Waals surface area contributed by atoms with Crippen molar-refractivity contribution in [3.05, 3.63) is 65.7 Å². The van der Waals surface area contributed by atoms with Gasteiger partial charge in [0.1, 0.15) is 5.75 Å². The lowest BCUT2D eigenvalue weighted by Gasteiger charge is -2.30. The monoisotopic (exact) mass is 456 g/mol. The largest absolute Gasteiger partial charge is 0.497 e. The lowest BCUT2D eigenvalue weighted by molar-refractivity contribution is -0.137. The van der Waals surface area contributed by atoms with E-state index in [4.69, 9.17) is 9.26 Å². The summed E-state index contributed by atoms with van der Waals surface area (Å²) in [5, 5.41) is 5.14. The Labute approximate surface area is 188 Å².